The first kappa shape index (κ1) is 24.4. The summed E-state index contributed by atoms with van der Waals surface area (Å²) in [6.07, 6.45) is -1.32. The number of hydrogen-bond donors (Lipinski definition) is 4. The molecule has 0 aliphatic rings. The number of carbonyl (C=O) groups is 3. The Morgan fingerprint density at radius 2 is 1.69 bits per heavy atom. The molecule has 0 bridgehead atoms. The lowest BCUT2D eigenvalue weighted by Gasteiger charge is -2.26. The second-order valence-electron chi connectivity index (χ2n) is 7.25. The number of amides is 3. The van der Waals surface area contributed by atoms with E-state index in [2.05, 4.69) is 16.0 Å². The number of hydrogen-bond acceptors (Lipinski definition) is 5. The number of aliphatic hydroxyl groups excluding tert-OH is 1. The first-order valence-corrected chi connectivity index (χ1v) is 10.0. The van der Waals surface area contributed by atoms with Crippen molar-refractivity contribution in [3.05, 3.63) is 35.9 Å². The van der Waals surface area contributed by atoms with Gasteiger partial charge in [0.2, 0.25) is 5.91 Å². The number of carbonyl (C=O) groups excluding carboxylic acids is 3. The minimum Gasteiger partial charge on any atom is -0.445 e. The second-order valence-corrected chi connectivity index (χ2v) is 7.25. The van der Waals surface area contributed by atoms with Crippen molar-refractivity contribution in [3.8, 4) is 0 Å². The third kappa shape index (κ3) is 8.95. The highest BCUT2D eigenvalue weighted by atomic mass is 16.5. The first-order valence-electron chi connectivity index (χ1n) is 10.0. The van der Waals surface area contributed by atoms with E-state index in [0.29, 0.717) is 19.4 Å². The zero-order valence-corrected chi connectivity index (χ0v) is 17.6. The van der Waals surface area contributed by atoms with Gasteiger partial charge in [0.1, 0.15) is 12.6 Å². The van der Waals surface area contributed by atoms with Crippen LogP contribution in [-0.4, -0.2) is 47.7 Å². The minimum atomic E-state index is -1.37. The van der Waals surface area contributed by atoms with E-state index in [4.69, 9.17) is 4.74 Å². The van der Waals surface area contributed by atoms with E-state index >= 15 is 0 Å². The molecule has 0 aromatic heterocycles. The van der Waals surface area contributed by atoms with Gasteiger partial charge in [0.05, 0.1) is 6.04 Å². The molecule has 4 N–H and O–H groups in total. The Labute approximate surface area is 172 Å². The predicted molar refractivity (Wildman–Crippen MR) is 110 cm³/mol. The van der Waals surface area contributed by atoms with Gasteiger partial charge in [0.25, 0.3) is 5.91 Å². The van der Waals surface area contributed by atoms with E-state index < -0.39 is 36.1 Å². The summed E-state index contributed by atoms with van der Waals surface area (Å²) in [5.41, 5.74) is 0.837. The quantitative estimate of drug-likeness (QED) is 0.446. The molecule has 162 valence electrons. The molecule has 3 amide bonds. The summed E-state index contributed by atoms with van der Waals surface area (Å²) in [6, 6.07) is 7.62. The maximum Gasteiger partial charge on any atom is 0.408 e. The highest BCUT2D eigenvalue weighted by Crippen LogP contribution is 2.08. The first-order chi connectivity index (χ1) is 13.8. The molecule has 1 aromatic carbocycles. The molecular weight excluding hydrogens is 374 g/mol. The Hall–Kier alpha value is -2.61. The zero-order valence-electron chi connectivity index (χ0n) is 17.6. The summed E-state index contributed by atoms with van der Waals surface area (Å²) >= 11 is 0. The van der Waals surface area contributed by atoms with E-state index in [0.717, 1.165) is 5.56 Å². The van der Waals surface area contributed by atoms with Gasteiger partial charge in [-0.15, -0.1) is 0 Å². The largest absolute Gasteiger partial charge is 0.445 e. The summed E-state index contributed by atoms with van der Waals surface area (Å²) in [5.74, 6) is -0.880. The van der Waals surface area contributed by atoms with Gasteiger partial charge in [-0.05, 0) is 31.2 Å². The fourth-order valence-electron chi connectivity index (χ4n) is 2.76. The number of nitrogens with one attached hydrogen (secondary N) is 3. The molecular formula is C21H33N3O5. The van der Waals surface area contributed by atoms with Crippen LogP contribution in [0, 0.1) is 5.92 Å². The van der Waals surface area contributed by atoms with Gasteiger partial charge in [-0.2, -0.15) is 0 Å². The van der Waals surface area contributed by atoms with Crippen LogP contribution in [0.5, 0.6) is 0 Å². The number of likely N-dealkylation sites (N-methyl/N-ethyl adjacent to an activating group) is 1. The molecule has 0 saturated heterocycles. The molecule has 0 radical (unpaired) electrons. The third-order valence-corrected chi connectivity index (χ3v) is 4.30. The molecule has 1 rings (SSSR count). The van der Waals surface area contributed by atoms with Crippen molar-refractivity contribution < 1.29 is 24.2 Å². The number of benzene rings is 1. The van der Waals surface area contributed by atoms with E-state index in [1.807, 2.05) is 44.2 Å². The van der Waals surface area contributed by atoms with Crippen LogP contribution in [0.25, 0.3) is 0 Å². The summed E-state index contributed by atoms with van der Waals surface area (Å²) < 4.78 is 5.20. The fraction of sp³-hybridized carbons (Fsp3) is 0.571. The van der Waals surface area contributed by atoms with Gasteiger partial charge < -0.3 is 25.8 Å². The van der Waals surface area contributed by atoms with Crippen molar-refractivity contribution in [2.45, 2.75) is 65.3 Å². The molecule has 0 spiro atoms. The maximum absolute atomic E-state index is 12.7. The van der Waals surface area contributed by atoms with Crippen LogP contribution >= 0.6 is 0 Å². The van der Waals surface area contributed by atoms with E-state index in [9.17, 15) is 19.5 Å². The average molecular weight is 408 g/mol. The summed E-state index contributed by atoms with van der Waals surface area (Å²) in [6.45, 7) is 7.83. The highest BCUT2D eigenvalue weighted by Gasteiger charge is 2.29. The monoisotopic (exact) mass is 407 g/mol. The van der Waals surface area contributed by atoms with Crippen LogP contribution in [0.3, 0.4) is 0 Å². The molecule has 29 heavy (non-hydrogen) atoms. The fourth-order valence-corrected chi connectivity index (χ4v) is 2.76. The highest BCUT2D eigenvalue weighted by molar-refractivity contribution is 5.87. The summed E-state index contributed by atoms with van der Waals surface area (Å²) in [5, 5.41) is 18.0. The Morgan fingerprint density at radius 3 is 2.24 bits per heavy atom. The average Bonchev–Trinajstić information content (AvgIpc) is 2.69. The van der Waals surface area contributed by atoms with Crippen LogP contribution in [0.15, 0.2) is 30.3 Å². The number of rotatable bonds is 11. The number of alkyl carbamates (subject to hydrolysis) is 1. The standard InChI is InChI=1S/C21H33N3O5/c1-5-16(18(25)20(27)22-6-2)23-19(26)17(12-14(3)4)24-21(28)29-13-15-10-8-7-9-11-15/h7-11,14,16-18,25H,5-6,12-13H2,1-4H3,(H,22,27)(H,23,26)(H,24,28)/t16-,17-,18?/m0/s1. The summed E-state index contributed by atoms with van der Waals surface area (Å²) in [7, 11) is 0. The van der Waals surface area contributed by atoms with Gasteiger partial charge in [-0.25, -0.2) is 4.79 Å². The zero-order chi connectivity index (χ0) is 21.8. The molecule has 3 atom stereocenters. The van der Waals surface area contributed by atoms with Crippen LogP contribution in [0.1, 0.15) is 46.1 Å². The molecule has 8 nitrogen and oxygen atoms in total. The van der Waals surface area contributed by atoms with Gasteiger partial charge in [-0.1, -0.05) is 51.1 Å². The lowest BCUT2D eigenvalue weighted by Crippen LogP contribution is -2.55. The number of aliphatic hydroxyl groups is 1. The van der Waals surface area contributed by atoms with E-state index in [1.54, 1.807) is 13.8 Å². The van der Waals surface area contributed by atoms with Crippen molar-refractivity contribution in [2.75, 3.05) is 6.54 Å². The van der Waals surface area contributed by atoms with Gasteiger partial charge >= 0.3 is 6.09 Å². The SMILES string of the molecule is CCNC(=O)C(O)[C@H](CC)NC(=O)[C@H](CC(C)C)NC(=O)OCc1ccccc1. The topological polar surface area (TPSA) is 117 Å². The van der Waals surface area contributed by atoms with Crippen LogP contribution in [0.4, 0.5) is 4.79 Å². The van der Waals surface area contributed by atoms with Gasteiger partial charge in [-0.3, -0.25) is 9.59 Å². The Balaban J connectivity index is 2.70. The molecule has 0 aliphatic carbocycles. The predicted octanol–water partition coefficient (Wildman–Crippen LogP) is 1.72. The van der Waals surface area contributed by atoms with Crippen molar-refractivity contribution in [2.24, 2.45) is 5.92 Å². The Morgan fingerprint density at radius 1 is 1.03 bits per heavy atom. The van der Waals surface area contributed by atoms with Crippen molar-refractivity contribution in [3.63, 3.8) is 0 Å². The molecule has 0 aliphatic heterocycles. The normalized spacial score (nSPS) is 13.9. The molecule has 1 unspecified atom stereocenters. The lowest BCUT2D eigenvalue weighted by molar-refractivity contribution is -0.132. The van der Waals surface area contributed by atoms with Crippen molar-refractivity contribution in [1.29, 1.82) is 0 Å². The Bertz CT molecular complexity index is 651. The maximum atomic E-state index is 12.7. The van der Waals surface area contributed by atoms with E-state index in [-0.39, 0.29) is 12.5 Å². The van der Waals surface area contributed by atoms with E-state index in [1.165, 1.54) is 0 Å². The van der Waals surface area contributed by atoms with Crippen molar-refractivity contribution in [1.82, 2.24) is 16.0 Å². The molecule has 0 saturated carbocycles. The molecule has 0 fully saturated rings. The molecule has 8 heteroatoms. The van der Waals surface area contributed by atoms with Crippen LogP contribution in [0.2, 0.25) is 0 Å². The van der Waals surface area contributed by atoms with Crippen LogP contribution < -0.4 is 16.0 Å². The van der Waals surface area contributed by atoms with Crippen LogP contribution in [-0.2, 0) is 20.9 Å². The summed E-state index contributed by atoms with van der Waals surface area (Å²) in [4.78, 5) is 36.8. The lowest BCUT2D eigenvalue weighted by atomic mass is 10.0. The molecule has 0 heterocycles. The Kier molecular flexibility index (Phi) is 10.8. The minimum absolute atomic E-state index is 0.0934. The van der Waals surface area contributed by atoms with Gasteiger partial charge in [0.15, 0.2) is 6.10 Å². The smallest absolute Gasteiger partial charge is 0.408 e. The van der Waals surface area contributed by atoms with Gasteiger partial charge in [0, 0.05) is 6.54 Å². The third-order valence-electron chi connectivity index (χ3n) is 4.30. The molecule has 1 aromatic rings. The van der Waals surface area contributed by atoms with Crippen molar-refractivity contribution >= 4 is 17.9 Å². The second kappa shape index (κ2) is 12.8. The number of ether oxygens (including phenoxy) is 1.